The number of rotatable bonds is 4. The molecule has 6 heterocycles. The molecule has 0 radical (unpaired) electrons. The highest BCUT2D eigenvalue weighted by molar-refractivity contribution is 5.79. The number of aromatic amines is 1. The maximum atomic E-state index is 6.26. The highest BCUT2D eigenvalue weighted by Crippen LogP contribution is 2.41. The number of fused-ring (bicyclic) bond motifs is 4. The minimum Gasteiger partial charge on any atom is -0.487 e. The van der Waals surface area contributed by atoms with Crippen molar-refractivity contribution in [2.45, 2.75) is 59.5 Å². The molecule has 0 bridgehead atoms. The van der Waals surface area contributed by atoms with Crippen molar-refractivity contribution in [3.8, 4) is 28.3 Å². The summed E-state index contributed by atoms with van der Waals surface area (Å²) >= 11 is 0. The molecule has 36 heavy (non-hydrogen) atoms. The summed E-state index contributed by atoms with van der Waals surface area (Å²) in [5, 5.41) is 12.5. The van der Waals surface area contributed by atoms with Gasteiger partial charge in [-0.15, -0.1) is 0 Å². The van der Waals surface area contributed by atoms with E-state index in [1.165, 1.54) is 5.56 Å². The summed E-state index contributed by atoms with van der Waals surface area (Å²) < 4.78 is 8.10. The first-order valence-corrected chi connectivity index (χ1v) is 12.9. The molecule has 1 N–H and O–H groups in total. The van der Waals surface area contributed by atoms with Gasteiger partial charge in [-0.25, -0.2) is 14.5 Å². The molecule has 0 amide bonds. The molecule has 0 saturated carbocycles. The second-order valence-electron chi connectivity index (χ2n) is 10.6. The maximum Gasteiger partial charge on any atom is 0.171 e. The minimum atomic E-state index is 0.255. The topological polar surface area (TPSA) is 87.5 Å². The molecule has 0 unspecified atom stereocenters. The van der Waals surface area contributed by atoms with Gasteiger partial charge in [0.15, 0.2) is 17.2 Å². The lowest BCUT2D eigenvalue weighted by atomic mass is 9.92. The van der Waals surface area contributed by atoms with Crippen LogP contribution in [-0.2, 0) is 0 Å². The Morgan fingerprint density at radius 3 is 2.69 bits per heavy atom. The lowest BCUT2D eigenvalue weighted by Gasteiger charge is -2.46. The second kappa shape index (κ2) is 8.58. The molecule has 2 aliphatic rings. The molecule has 2 aliphatic heterocycles. The molecule has 188 valence electrons. The van der Waals surface area contributed by atoms with Crippen LogP contribution in [-0.4, -0.2) is 73.0 Å². The van der Waals surface area contributed by atoms with Gasteiger partial charge in [0.25, 0.3) is 0 Å². The number of anilines is 1. The van der Waals surface area contributed by atoms with Gasteiger partial charge in [0, 0.05) is 54.8 Å². The first kappa shape index (κ1) is 23.0. The molecule has 1 fully saturated rings. The Hall–Kier alpha value is -3.46. The van der Waals surface area contributed by atoms with E-state index >= 15 is 0 Å². The highest BCUT2D eigenvalue weighted by atomic mass is 16.5. The van der Waals surface area contributed by atoms with E-state index in [9.17, 15) is 0 Å². The van der Waals surface area contributed by atoms with E-state index in [0.717, 1.165) is 70.5 Å². The standard InChI is InChI=1S/C27H34N8O/c1-15(2)23-24(31-32-25(23)21-12-35-26(29-14-30-35)18(6)17(21)5)19-9-22-27(28-10-19)34-8-7-33(16(3)4)11-20(34)13-36-22/h9-10,12,14-16,20H,7-8,11,13H2,1-6H3,(H,31,32)/t20-/m1/s1. The van der Waals surface area contributed by atoms with Gasteiger partial charge in [0.2, 0.25) is 0 Å². The summed E-state index contributed by atoms with van der Waals surface area (Å²) in [5.74, 6) is 2.05. The smallest absolute Gasteiger partial charge is 0.171 e. The van der Waals surface area contributed by atoms with Crippen LogP contribution in [0.4, 0.5) is 5.82 Å². The van der Waals surface area contributed by atoms with Crippen LogP contribution in [0.15, 0.2) is 24.8 Å². The molecule has 0 aromatic carbocycles. The molecule has 1 saturated heterocycles. The number of pyridine rings is 2. The van der Waals surface area contributed by atoms with Crippen molar-refractivity contribution in [3.63, 3.8) is 0 Å². The number of piperazine rings is 1. The first-order valence-electron chi connectivity index (χ1n) is 12.9. The van der Waals surface area contributed by atoms with Gasteiger partial charge in [0.1, 0.15) is 12.9 Å². The quantitative estimate of drug-likeness (QED) is 0.462. The van der Waals surface area contributed by atoms with Gasteiger partial charge >= 0.3 is 0 Å². The van der Waals surface area contributed by atoms with Gasteiger partial charge < -0.3 is 9.64 Å². The fraction of sp³-hybridized carbons (Fsp3) is 0.481. The van der Waals surface area contributed by atoms with Crippen molar-refractivity contribution in [2.24, 2.45) is 0 Å². The number of nitrogens with one attached hydrogen (secondary N) is 1. The molecule has 9 heteroatoms. The molecule has 1 atom stereocenters. The van der Waals surface area contributed by atoms with Crippen LogP contribution in [0.1, 0.15) is 50.3 Å². The van der Waals surface area contributed by atoms with E-state index in [4.69, 9.17) is 14.8 Å². The van der Waals surface area contributed by atoms with E-state index in [-0.39, 0.29) is 5.92 Å². The summed E-state index contributed by atoms with van der Waals surface area (Å²) in [4.78, 5) is 14.2. The zero-order valence-electron chi connectivity index (χ0n) is 21.9. The fourth-order valence-corrected chi connectivity index (χ4v) is 5.64. The van der Waals surface area contributed by atoms with Gasteiger partial charge in [-0.1, -0.05) is 13.8 Å². The highest BCUT2D eigenvalue weighted by Gasteiger charge is 2.35. The monoisotopic (exact) mass is 486 g/mol. The maximum absolute atomic E-state index is 6.26. The predicted octanol–water partition coefficient (Wildman–Crippen LogP) is 4.21. The third-order valence-corrected chi connectivity index (χ3v) is 7.83. The number of H-pyrrole nitrogens is 1. The largest absolute Gasteiger partial charge is 0.487 e. The van der Waals surface area contributed by atoms with Crippen molar-refractivity contribution in [2.75, 3.05) is 31.1 Å². The van der Waals surface area contributed by atoms with Crippen LogP contribution in [0.2, 0.25) is 0 Å². The average molecular weight is 487 g/mol. The van der Waals surface area contributed by atoms with Crippen molar-refractivity contribution < 1.29 is 4.74 Å². The summed E-state index contributed by atoms with van der Waals surface area (Å²) in [6.07, 6.45) is 5.59. The van der Waals surface area contributed by atoms with Crippen LogP contribution in [0, 0.1) is 13.8 Å². The Morgan fingerprint density at radius 2 is 1.92 bits per heavy atom. The second-order valence-corrected chi connectivity index (χ2v) is 10.6. The zero-order chi connectivity index (χ0) is 25.1. The van der Waals surface area contributed by atoms with Crippen LogP contribution in [0.3, 0.4) is 0 Å². The number of hydrogen-bond donors (Lipinski definition) is 1. The summed E-state index contributed by atoms with van der Waals surface area (Å²) in [5.41, 5.74) is 8.32. The molecule has 6 rings (SSSR count). The minimum absolute atomic E-state index is 0.255. The van der Waals surface area contributed by atoms with Crippen molar-refractivity contribution >= 4 is 11.5 Å². The summed E-state index contributed by atoms with van der Waals surface area (Å²) in [7, 11) is 0. The third kappa shape index (κ3) is 3.56. The van der Waals surface area contributed by atoms with Gasteiger partial charge in [-0.05, 0) is 50.8 Å². The molecular formula is C27H34N8O. The van der Waals surface area contributed by atoms with Gasteiger partial charge in [0.05, 0.1) is 17.4 Å². The molecule has 0 aliphatic carbocycles. The fourth-order valence-electron chi connectivity index (χ4n) is 5.64. The van der Waals surface area contributed by atoms with Crippen LogP contribution in [0.5, 0.6) is 5.75 Å². The lowest BCUT2D eigenvalue weighted by molar-refractivity contribution is 0.140. The number of aryl methyl sites for hydroxylation is 1. The van der Waals surface area contributed by atoms with Gasteiger partial charge in [-0.3, -0.25) is 10.00 Å². The lowest BCUT2D eigenvalue weighted by Crippen LogP contribution is -2.58. The zero-order valence-corrected chi connectivity index (χ0v) is 21.9. The normalized spacial score (nSPS) is 18.1. The van der Waals surface area contributed by atoms with E-state index in [2.05, 4.69) is 72.6 Å². The molecule has 0 spiro atoms. The average Bonchev–Trinajstić information content (AvgIpc) is 3.53. The van der Waals surface area contributed by atoms with Gasteiger partial charge in [-0.2, -0.15) is 10.2 Å². The Balaban J connectivity index is 1.39. The van der Waals surface area contributed by atoms with Crippen molar-refractivity contribution in [1.82, 2.24) is 34.7 Å². The Labute approximate surface area is 211 Å². The van der Waals surface area contributed by atoms with E-state index < -0.39 is 0 Å². The van der Waals surface area contributed by atoms with Crippen LogP contribution < -0.4 is 9.64 Å². The van der Waals surface area contributed by atoms with Crippen molar-refractivity contribution in [1.29, 1.82) is 0 Å². The molecular weight excluding hydrogens is 452 g/mol. The Kier molecular flexibility index (Phi) is 5.48. The summed E-state index contributed by atoms with van der Waals surface area (Å²) in [6.45, 7) is 16.9. The number of ether oxygens (including phenoxy) is 1. The van der Waals surface area contributed by atoms with E-state index in [1.54, 1.807) is 6.33 Å². The predicted molar refractivity (Wildman–Crippen MR) is 141 cm³/mol. The molecule has 9 nitrogen and oxygen atoms in total. The van der Waals surface area contributed by atoms with E-state index in [1.807, 2.05) is 16.9 Å². The molecule has 4 aromatic rings. The number of nitrogens with zero attached hydrogens (tertiary/aromatic N) is 7. The van der Waals surface area contributed by atoms with Crippen LogP contribution in [0.25, 0.3) is 28.2 Å². The number of aromatic nitrogens is 6. The first-order chi connectivity index (χ1) is 17.3. The molecule has 4 aromatic heterocycles. The summed E-state index contributed by atoms with van der Waals surface area (Å²) in [6, 6.07) is 3.00. The van der Waals surface area contributed by atoms with E-state index in [0.29, 0.717) is 18.7 Å². The Bertz CT molecular complexity index is 1440. The van der Waals surface area contributed by atoms with Crippen molar-refractivity contribution in [3.05, 3.63) is 41.5 Å². The third-order valence-electron chi connectivity index (χ3n) is 7.83. The Morgan fingerprint density at radius 1 is 1.08 bits per heavy atom. The number of hydrogen-bond acceptors (Lipinski definition) is 7. The van der Waals surface area contributed by atoms with Crippen LogP contribution >= 0.6 is 0 Å². The SMILES string of the molecule is Cc1c(-c2[nH]nc(-c3cnc4c(c3)OC[C@H]3CN(C(C)C)CCN43)c2C(C)C)cn2ncnc2c1C.